The molecular formula is C15H14O4. The fourth-order valence-corrected chi connectivity index (χ4v) is 1.65. The number of esters is 1. The molecule has 0 aliphatic heterocycles. The zero-order chi connectivity index (χ0) is 13.7. The molecular weight excluding hydrogens is 244 g/mol. The molecule has 1 N–H and O–H groups in total. The van der Waals surface area contributed by atoms with Crippen molar-refractivity contribution in [2.75, 3.05) is 7.11 Å². The summed E-state index contributed by atoms with van der Waals surface area (Å²) >= 11 is 0. The van der Waals surface area contributed by atoms with Crippen molar-refractivity contribution in [2.45, 2.75) is 6.61 Å². The van der Waals surface area contributed by atoms with Crippen molar-refractivity contribution < 1.29 is 19.4 Å². The van der Waals surface area contributed by atoms with Gasteiger partial charge in [-0.2, -0.15) is 0 Å². The van der Waals surface area contributed by atoms with Gasteiger partial charge in [0.1, 0.15) is 11.5 Å². The van der Waals surface area contributed by atoms with E-state index in [1.165, 1.54) is 7.11 Å². The summed E-state index contributed by atoms with van der Waals surface area (Å²) in [5.74, 6) is 0.737. The second kappa shape index (κ2) is 6.02. The largest absolute Gasteiger partial charge is 0.465 e. The Hall–Kier alpha value is -2.33. The Bertz CT molecular complexity index is 578. The van der Waals surface area contributed by atoms with Gasteiger partial charge in [-0.05, 0) is 35.9 Å². The van der Waals surface area contributed by atoms with E-state index in [9.17, 15) is 4.79 Å². The number of hydrogen-bond donors (Lipinski definition) is 1. The minimum atomic E-state index is -0.408. The van der Waals surface area contributed by atoms with Crippen molar-refractivity contribution in [3.8, 4) is 11.5 Å². The molecule has 0 heterocycles. The molecule has 0 aliphatic rings. The van der Waals surface area contributed by atoms with Gasteiger partial charge in [-0.25, -0.2) is 4.79 Å². The number of hydrogen-bond acceptors (Lipinski definition) is 4. The van der Waals surface area contributed by atoms with E-state index in [2.05, 4.69) is 4.74 Å². The average molecular weight is 258 g/mol. The van der Waals surface area contributed by atoms with Crippen LogP contribution in [0.1, 0.15) is 15.9 Å². The highest BCUT2D eigenvalue weighted by Gasteiger charge is 2.06. The topological polar surface area (TPSA) is 55.8 Å². The van der Waals surface area contributed by atoms with Crippen LogP contribution in [0, 0.1) is 0 Å². The maximum atomic E-state index is 11.4. The van der Waals surface area contributed by atoms with E-state index < -0.39 is 5.97 Å². The Morgan fingerprint density at radius 1 is 1.11 bits per heavy atom. The number of carbonyl (C=O) groups excluding carboxylic acids is 1. The monoisotopic (exact) mass is 258 g/mol. The molecule has 2 aromatic carbocycles. The van der Waals surface area contributed by atoms with Crippen molar-refractivity contribution in [1.29, 1.82) is 0 Å². The third-order valence-electron chi connectivity index (χ3n) is 2.57. The molecule has 0 fully saturated rings. The number of benzene rings is 2. The van der Waals surface area contributed by atoms with Gasteiger partial charge in [0.15, 0.2) is 0 Å². The molecule has 0 atom stereocenters. The number of methoxy groups -OCH3 is 1. The van der Waals surface area contributed by atoms with Crippen LogP contribution in [-0.2, 0) is 11.3 Å². The number of ether oxygens (including phenoxy) is 2. The number of carbonyl (C=O) groups is 1. The Labute approximate surface area is 111 Å². The number of aliphatic hydroxyl groups excluding tert-OH is 1. The van der Waals surface area contributed by atoms with E-state index in [1.54, 1.807) is 48.5 Å². The first-order valence-electron chi connectivity index (χ1n) is 5.79. The molecule has 2 rings (SSSR count). The van der Waals surface area contributed by atoms with Gasteiger partial charge in [0.25, 0.3) is 0 Å². The molecule has 0 bridgehead atoms. The Morgan fingerprint density at radius 2 is 1.79 bits per heavy atom. The highest BCUT2D eigenvalue weighted by molar-refractivity contribution is 5.89. The molecule has 2 aromatic rings. The molecule has 0 amide bonds. The van der Waals surface area contributed by atoms with Gasteiger partial charge in [-0.3, -0.25) is 0 Å². The minimum Gasteiger partial charge on any atom is -0.465 e. The smallest absolute Gasteiger partial charge is 0.337 e. The van der Waals surface area contributed by atoms with Gasteiger partial charge in [0.2, 0.25) is 0 Å². The van der Waals surface area contributed by atoms with Crippen LogP contribution >= 0.6 is 0 Å². The molecule has 0 spiro atoms. The van der Waals surface area contributed by atoms with E-state index in [-0.39, 0.29) is 6.61 Å². The van der Waals surface area contributed by atoms with Gasteiger partial charge in [-0.15, -0.1) is 0 Å². The number of aliphatic hydroxyl groups is 1. The molecule has 0 radical (unpaired) electrons. The maximum absolute atomic E-state index is 11.4. The molecule has 0 saturated carbocycles. The third-order valence-corrected chi connectivity index (χ3v) is 2.57. The van der Waals surface area contributed by atoms with Crippen LogP contribution in [-0.4, -0.2) is 18.2 Å². The van der Waals surface area contributed by atoms with Crippen LogP contribution in [0.15, 0.2) is 48.5 Å². The third kappa shape index (κ3) is 3.33. The maximum Gasteiger partial charge on any atom is 0.337 e. The molecule has 0 aromatic heterocycles. The van der Waals surface area contributed by atoms with Crippen LogP contribution in [0.3, 0.4) is 0 Å². The summed E-state index contributed by atoms with van der Waals surface area (Å²) in [7, 11) is 1.33. The quantitative estimate of drug-likeness (QED) is 0.857. The van der Waals surface area contributed by atoms with Gasteiger partial charge >= 0.3 is 5.97 Å². The second-order valence-corrected chi connectivity index (χ2v) is 3.93. The van der Waals surface area contributed by atoms with Crippen molar-refractivity contribution in [2.24, 2.45) is 0 Å². The van der Waals surface area contributed by atoms with E-state index in [4.69, 9.17) is 9.84 Å². The van der Waals surface area contributed by atoms with Gasteiger partial charge in [-0.1, -0.05) is 18.2 Å². The van der Waals surface area contributed by atoms with Crippen molar-refractivity contribution in [3.05, 3.63) is 59.7 Å². The summed E-state index contributed by atoms with van der Waals surface area (Å²) in [4.78, 5) is 11.4. The predicted octanol–water partition coefficient (Wildman–Crippen LogP) is 2.76. The summed E-state index contributed by atoms with van der Waals surface area (Å²) in [6, 6.07) is 13.9. The highest BCUT2D eigenvalue weighted by atomic mass is 16.5. The van der Waals surface area contributed by atoms with Crippen LogP contribution in [0.2, 0.25) is 0 Å². The lowest BCUT2D eigenvalue weighted by Crippen LogP contribution is -2.00. The standard InChI is InChI=1S/C15H14O4/c1-18-15(17)12-5-3-7-14(9-12)19-13-6-2-4-11(8-13)10-16/h2-9,16H,10H2,1H3. The van der Waals surface area contributed by atoms with Crippen LogP contribution in [0.5, 0.6) is 11.5 Å². The van der Waals surface area contributed by atoms with E-state index in [0.717, 1.165) is 5.56 Å². The predicted molar refractivity (Wildman–Crippen MR) is 70.2 cm³/mol. The first kappa shape index (κ1) is 13.1. The van der Waals surface area contributed by atoms with Gasteiger partial charge < -0.3 is 14.6 Å². The summed E-state index contributed by atoms with van der Waals surface area (Å²) in [6.45, 7) is -0.0423. The fourth-order valence-electron chi connectivity index (χ4n) is 1.65. The Kier molecular flexibility index (Phi) is 4.15. The van der Waals surface area contributed by atoms with Crippen molar-refractivity contribution in [3.63, 3.8) is 0 Å². The molecule has 4 heteroatoms. The number of rotatable bonds is 4. The van der Waals surface area contributed by atoms with Crippen molar-refractivity contribution >= 4 is 5.97 Å². The normalized spacial score (nSPS) is 10.0. The molecule has 98 valence electrons. The van der Waals surface area contributed by atoms with E-state index in [1.807, 2.05) is 0 Å². The molecule has 0 aliphatic carbocycles. The highest BCUT2D eigenvalue weighted by Crippen LogP contribution is 2.23. The Balaban J connectivity index is 2.20. The molecule has 19 heavy (non-hydrogen) atoms. The van der Waals surface area contributed by atoms with Gasteiger partial charge in [0.05, 0.1) is 19.3 Å². The average Bonchev–Trinajstić information content (AvgIpc) is 2.47. The van der Waals surface area contributed by atoms with Gasteiger partial charge in [0, 0.05) is 0 Å². The zero-order valence-electron chi connectivity index (χ0n) is 10.5. The molecule has 0 saturated heterocycles. The second-order valence-electron chi connectivity index (χ2n) is 3.93. The van der Waals surface area contributed by atoms with Crippen LogP contribution < -0.4 is 4.74 Å². The first-order valence-corrected chi connectivity index (χ1v) is 5.79. The zero-order valence-corrected chi connectivity index (χ0v) is 10.5. The summed E-state index contributed by atoms with van der Waals surface area (Å²) < 4.78 is 10.3. The lowest BCUT2D eigenvalue weighted by atomic mass is 10.2. The van der Waals surface area contributed by atoms with Crippen LogP contribution in [0.25, 0.3) is 0 Å². The lowest BCUT2D eigenvalue weighted by Gasteiger charge is -2.08. The summed E-state index contributed by atoms with van der Waals surface area (Å²) in [6.07, 6.45) is 0. The minimum absolute atomic E-state index is 0.0423. The van der Waals surface area contributed by atoms with E-state index >= 15 is 0 Å². The molecule has 0 unspecified atom stereocenters. The molecule has 4 nitrogen and oxygen atoms in total. The van der Waals surface area contributed by atoms with Crippen LogP contribution in [0.4, 0.5) is 0 Å². The van der Waals surface area contributed by atoms with Crippen molar-refractivity contribution in [1.82, 2.24) is 0 Å². The van der Waals surface area contributed by atoms with E-state index in [0.29, 0.717) is 17.1 Å². The lowest BCUT2D eigenvalue weighted by molar-refractivity contribution is 0.0600. The Morgan fingerprint density at radius 3 is 2.47 bits per heavy atom. The summed E-state index contributed by atoms with van der Waals surface area (Å²) in [5.41, 5.74) is 1.19. The SMILES string of the molecule is COC(=O)c1cccc(Oc2cccc(CO)c2)c1. The fraction of sp³-hybridized carbons (Fsp3) is 0.133. The summed E-state index contributed by atoms with van der Waals surface area (Å²) in [5, 5.41) is 9.06. The first-order chi connectivity index (χ1) is 9.22.